The van der Waals surface area contributed by atoms with Gasteiger partial charge in [0.25, 0.3) is 0 Å². The van der Waals surface area contributed by atoms with E-state index in [9.17, 15) is 5.11 Å². The van der Waals surface area contributed by atoms with Gasteiger partial charge in [-0.25, -0.2) is 0 Å². The molecule has 7 atom stereocenters. The molecule has 1 saturated carbocycles. The first-order valence-corrected chi connectivity index (χ1v) is 12.4. The van der Waals surface area contributed by atoms with Gasteiger partial charge in [0.1, 0.15) is 0 Å². The summed E-state index contributed by atoms with van der Waals surface area (Å²) in [5.74, 6) is 2.74. The Morgan fingerprint density at radius 1 is 1.17 bits per heavy atom. The zero-order valence-electron chi connectivity index (χ0n) is 19.9. The van der Waals surface area contributed by atoms with Gasteiger partial charge in [-0.3, -0.25) is 0 Å². The van der Waals surface area contributed by atoms with E-state index in [0.29, 0.717) is 22.7 Å². The lowest BCUT2D eigenvalue weighted by molar-refractivity contribution is -0.0287. The molecule has 0 unspecified atom stereocenters. The van der Waals surface area contributed by atoms with Crippen molar-refractivity contribution in [2.45, 2.75) is 105 Å². The summed E-state index contributed by atoms with van der Waals surface area (Å²) in [5.41, 5.74) is 7.50. The van der Waals surface area contributed by atoms with Crippen molar-refractivity contribution in [1.82, 2.24) is 0 Å². The van der Waals surface area contributed by atoms with Crippen molar-refractivity contribution in [2.24, 2.45) is 34.5 Å². The monoisotopic (exact) mass is 396 g/mol. The molecule has 4 rings (SSSR count). The summed E-state index contributed by atoms with van der Waals surface area (Å²) in [5, 5.41) is 10.5. The molecule has 1 nitrogen and oxygen atoms in total. The molecule has 0 heterocycles. The molecule has 29 heavy (non-hydrogen) atoms. The van der Waals surface area contributed by atoms with Crippen molar-refractivity contribution in [3.63, 3.8) is 0 Å². The molecular weight excluding hydrogens is 352 g/mol. The summed E-state index contributed by atoms with van der Waals surface area (Å²) in [6.07, 6.45) is 16.2. The van der Waals surface area contributed by atoms with Crippen LogP contribution in [0.1, 0.15) is 99.3 Å². The summed E-state index contributed by atoms with van der Waals surface area (Å²) in [4.78, 5) is 0. The first kappa shape index (κ1) is 21.4. The van der Waals surface area contributed by atoms with Crippen LogP contribution in [0.4, 0.5) is 0 Å². The van der Waals surface area contributed by atoms with Crippen LogP contribution in [0, 0.1) is 34.5 Å². The Bertz CT molecular complexity index is 735. The van der Waals surface area contributed by atoms with Crippen molar-refractivity contribution in [2.75, 3.05) is 0 Å². The van der Waals surface area contributed by atoms with Crippen LogP contribution in [0.5, 0.6) is 0 Å². The van der Waals surface area contributed by atoms with E-state index in [1.54, 1.807) is 16.7 Å². The maximum atomic E-state index is 10.5. The van der Waals surface area contributed by atoms with Crippen molar-refractivity contribution in [3.05, 3.63) is 34.4 Å². The molecule has 1 heteroatoms. The normalized spacial score (nSPS) is 42.5. The maximum absolute atomic E-state index is 10.5. The van der Waals surface area contributed by atoms with E-state index in [2.05, 4.69) is 53.7 Å². The number of hydrogen-bond acceptors (Lipinski definition) is 1. The van der Waals surface area contributed by atoms with Crippen LogP contribution in [0.3, 0.4) is 0 Å². The van der Waals surface area contributed by atoms with E-state index in [-0.39, 0.29) is 6.10 Å². The molecule has 0 aromatic heterocycles. The zero-order chi connectivity index (χ0) is 21.0. The molecule has 1 N–H and O–H groups in total. The van der Waals surface area contributed by atoms with E-state index in [1.807, 2.05) is 0 Å². The molecule has 0 radical (unpaired) electrons. The van der Waals surface area contributed by atoms with Gasteiger partial charge in [0, 0.05) is 0 Å². The lowest BCUT2D eigenvalue weighted by atomic mass is 9.49. The molecule has 0 aliphatic heterocycles. The van der Waals surface area contributed by atoms with Crippen LogP contribution in [0.25, 0.3) is 0 Å². The summed E-state index contributed by atoms with van der Waals surface area (Å²) in [6.45, 7) is 14.4. The van der Waals surface area contributed by atoms with E-state index >= 15 is 0 Å². The Balaban J connectivity index is 1.58. The van der Waals surface area contributed by atoms with Gasteiger partial charge >= 0.3 is 0 Å². The average molecular weight is 397 g/mol. The van der Waals surface area contributed by atoms with Crippen LogP contribution >= 0.6 is 0 Å². The zero-order valence-corrected chi connectivity index (χ0v) is 19.9. The minimum Gasteiger partial charge on any atom is -0.393 e. The van der Waals surface area contributed by atoms with Crippen LogP contribution in [-0.4, -0.2) is 11.2 Å². The van der Waals surface area contributed by atoms with Crippen molar-refractivity contribution >= 4 is 0 Å². The van der Waals surface area contributed by atoms with Gasteiger partial charge in [-0.15, -0.1) is 0 Å². The lowest BCUT2D eigenvalue weighted by Crippen LogP contribution is -2.48. The number of aliphatic hydroxyl groups excluding tert-OH is 1. The SMILES string of the molecule is CC(C)=CCC[C@@H](C)[C@H]1CC=C2C3=C(CC[C@@]21C)[C@@]1(C)CC[C@H](O)[C@@H](C)[C@@H]1CC3. The molecule has 0 spiro atoms. The first-order chi connectivity index (χ1) is 13.7. The molecule has 1 fully saturated rings. The van der Waals surface area contributed by atoms with E-state index in [0.717, 1.165) is 18.3 Å². The van der Waals surface area contributed by atoms with E-state index < -0.39 is 0 Å². The third-order valence-corrected chi connectivity index (χ3v) is 9.87. The van der Waals surface area contributed by atoms with Gasteiger partial charge in [-0.2, -0.15) is 0 Å². The second kappa shape index (κ2) is 7.70. The smallest absolute Gasteiger partial charge is 0.0569 e. The van der Waals surface area contributed by atoms with Gasteiger partial charge in [0.2, 0.25) is 0 Å². The highest BCUT2D eigenvalue weighted by molar-refractivity contribution is 5.49. The summed E-state index contributed by atoms with van der Waals surface area (Å²) in [6, 6.07) is 0. The van der Waals surface area contributed by atoms with Gasteiger partial charge in [0.05, 0.1) is 6.10 Å². The fourth-order valence-corrected chi connectivity index (χ4v) is 8.04. The Labute approximate surface area is 179 Å². The van der Waals surface area contributed by atoms with Gasteiger partial charge in [-0.05, 0) is 117 Å². The number of fused-ring (bicyclic) bond motifs is 4. The Morgan fingerprint density at radius 2 is 1.93 bits per heavy atom. The number of aliphatic hydroxyl groups is 1. The van der Waals surface area contributed by atoms with Crippen molar-refractivity contribution in [1.29, 1.82) is 0 Å². The van der Waals surface area contributed by atoms with E-state index in [4.69, 9.17) is 0 Å². The quantitative estimate of drug-likeness (QED) is 0.484. The second-order valence-corrected chi connectivity index (χ2v) is 11.7. The highest BCUT2D eigenvalue weighted by atomic mass is 16.3. The topological polar surface area (TPSA) is 20.2 Å². The summed E-state index contributed by atoms with van der Waals surface area (Å²) in [7, 11) is 0. The Kier molecular flexibility index (Phi) is 5.69. The maximum Gasteiger partial charge on any atom is 0.0569 e. The number of allylic oxidation sites excluding steroid dienone is 6. The van der Waals surface area contributed by atoms with Crippen LogP contribution in [-0.2, 0) is 0 Å². The Morgan fingerprint density at radius 3 is 2.66 bits per heavy atom. The molecule has 0 aromatic carbocycles. The minimum absolute atomic E-state index is 0.0826. The van der Waals surface area contributed by atoms with Crippen LogP contribution < -0.4 is 0 Å². The van der Waals surface area contributed by atoms with Crippen LogP contribution in [0.15, 0.2) is 34.4 Å². The summed E-state index contributed by atoms with van der Waals surface area (Å²) < 4.78 is 0. The Hall–Kier alpha value is -0.820. The lowest BCUT2D eigenvalue weighted by Gasteiger charge is -2.55. The standard InChI is InChI=1S/C28H44O/c1-18(2)8-7-9-19(3)22-12-13-24-21-10-11-23-20(4)26(29)15-17-28(23,6)25(21)14-16-27(22,24)5/h8,13,19-20,22-23,26,29H,7,9-12,14-17H2,1-6H3/t19-,20+,22-,23+,26+,27-,28+/m1/s1. The molecule has 0 bridgehead atoms. The van der Waals surface area contributed by atoms with Gasteiger partial charge in [0.15, 0.2) is 0 Å². The highest BCUT2D eigenvalue weighted by Gasteiger charge is 2.54. The van der Waals surface area contributed by atoms with Crippen LogP contribution in [0.2, 0.25) is 0 Å². The summed E-state index contributed by atoms with van der Waals surface area (Å²) >= 11 is 0. The second-order valence-electron chi connectivity index (χ2n) is 11.7. The van der Waals surface area contributed by atoms with Crippen molar-refractivity contribution < 1.29 is 5.11 Å². The molecule has 0 amide bonds. The number of hydrogen-bond donors (Lipinski definition) is 1. The highest BCUT2D eigenvalue weighted by Crippen LogP contribution is 2.64. The first-order valence-electron chi connectivity index (χ1n) is 12.4. The fraction of sp³-hybridized carbons (Fsp3) is 0.786. The van der Waals surface area contributed by atoms with Gasteiger partial charge in [-0.1, -0.05) is 51.0 Å². The number of rotatable bonds is 4. The molecule has 4 aliphatic rings. The molecule has 0 saturated heterocycles. The third kappa shape index (κ3) is 3.40. The van der Waals surface area contributed by atoms with Crippen molar-refractivity contribution in [3.8, 4) is 0 Å². The predicted octanol–water partition coefficient (Wildman–Crippen LogP) is 7.62. The fourth-order valence-electron chi connectivity index (χ4n) is 8.04. The molecule has 162 valence electrons. The average Bonchev–Trinajstić information content (AvgIpc) is 3.02. The molecule has 0 aromatic rings. The molecular formula is C28H44O. The third-order valence-electron chi connectivity index (χ3n) is 9.87. The minimum atomic E-state index is -0.0826. The molecule has 4 aliphatic carbocycles. The van der Waals surface area contributed by atoms with E-state index in [1.165, 1.54) is 56.9 Å². The largest absolute Gasteiger partial charge is 0.393 e. The van der Waals surface area contributed by atoms with Gasteiger partial charge < -0.3 is 5.11 Å². The predicted molar refractivity (Wildman–Crippen MR) is 124 cm³/mol.